The fourth-order valence-electron chi connectivity index (χ4n) is 1.81. The van der Waals surface area contributed by atoms with E-state index in [1.807, 2.05) is 6.92 Å². The Balaban J connectivity index is 2.27. The van der Waals surface area contributed by atoms with E-state index in [0.29, 0.717) is 0 Å². The molecule has 2 atom stereocenters. The average molecular weight is 242 g/mol. The van der Waals surface area contributed by atoms with Crippen LogP contribution in [0.3, 0.4) is 0 Å². The molecule has 0 aromatic carbocycles. The summed E-state index contributed by atoms with van der Waals surface area (Å²) in [4.78, 5) is 23.8. The van der Waals surface area contributed by atoms with Crippen LogP contribution in [0, 0.1) is 11.8 Å². The largest absolute Gasteiger partial charge is 0.481 e. The van der Waals surface area contributed by atoms with Crippen molar-refractivity contribution in [3.8, 4) is 0 Å². The number of amides is 2. The minimum Gasteiger partial charge on any atom is -0.481 e. The summed E-state index contributed by atoms with van der Waals surface area (Å²) in [6, 6.07) is -0.0242. The smallest absolute Gasteiger partial charge is 0.317 e. The zero-order chi connectivity index (χ0) is 13.0. The number of carboxylic acids is 1. The van der Waals surface area contributed by atoms with Crippen LogP contribution in [0.25, 0.3) is 0 Å². The highest BCUT2D eigenvalue weighted by molar-refractivity contribution is 5.75. The van der Waals surface area contributed by atoms with Gasteiger partial charge in [0.15, 0.2) is 0 Å². The number of carbonyl (C=O) groups excluding carboxylic acids is 1. The van der Waals surface area contributed by atoms with Gasteiger partial charge in [-0.05, 0) is 19.3 Å². The first kappa shape index (κ1) is 13.8. The number of nitrogens with one attached hydrogen (secondary N) is 1. The summed E-state index contributed by atoms with van der Waals surface area (Å²) in [6.07, 6.45) is 3.56. The minimum absolute atomic E-state index is 0.164. The Morgan fingerprint density at radius 1 is 1.41 bits per heavy atom. The van der Waals surface area contributed by atoms with Gasteiger partial charge in [0.2, 0.25) is 0 Å². The van der Waals surface area contributed by atoms with Gasteiger partial charge in [0.25, 0.3) is 0 Å². The number of urea groups is 1. The van der Waals surface area contributed by atoms with Gasteiger partial charge in [-0.3, -0.25) is 4.79 Å². The van der Waals surface area contributed by atoms with E-state index in [9.17, 15) is 9.59 Å². The molecule has 1 rings (SSSR count). The third-order valence-electron chi connectivity index (χ3n) is 3.07. The summed E-state index contributed by atoms with van der Waals surface area (Å²) >= 11 is 0. The van der Waals surface area contributed by atoms with Gasteiger partial charge in [-0.15, -0.1) is 0 Å². The molecule has 1 fully saturated rings. The van der Waals surface area contributed by atoms with Crippen LogP contribution in [0.5, 0.6) is 0 Å². The molecule has 5 nitrogen and oxygen atoms in total. The van der Waals surface area contributed by atoms with E-state index >= 15 is 0 Å². The topological polar surface area (TPSA) is 69.6 Å². The number of nitrogens with zero attached hydrogens (tertiary/aromatic N) is 1. The maximum atomic E-state index is 11.7. The standard InChI is InChI=1S/C12H22N2O3/c1-8(11(15)16)7-14(3)12(17)13-9(2)6-10-4-5-10/h8-10H,4-7H2,1-3H3,(H,13,17)(H,15,16). The molecule has 0 spiro atoms. The molecule has 0 bridgehead atoms. The van der Waals surface area contributed by atoms with Crippen molar-refractivity contribution in [2.24, 2.45) is 11.8 Å². The van der Waals surface area contributed by atoms with Crippen molar-refractivity contribution in [1.82, 2.24) is 10.2 Å². The molecule has 2 unspecified atom stereocenters. The number of carboxylic acid groups (broad SMARTS) is 1. The molecule has 1 aliphatic rings. The molecule has 1 saturated carbocycles. The molecular formula is C12H22N2O3. The molecule has 98 valence electrons. The molecular weight excluding hydrogens is 220 g/mol. The molecule has 0 aliphatic heterocycles. The van der Waals surface area contributed by atoms with E-state index in [1.54, 1.807) is 14.0 Å². The first-order valence-corrected chi connectivity index (χ1v) is 6.14. The van der Waals surface area contributed by atoms with Crippen LogP contribution in [0.4, 0.5) is 4.79 Å². The second-order valence-electron chi connectivity index (χ2n) is 5.15. The van der Waals surface area contributed by atoms with Crippen molar-refractivity contribution < 1.29 is 14.7 Å². The summed E-state index contributed by atoms with van der Waals surface area (Å²) in [5.74, 6) is -0.645. The first-order valence-electron chi connectivity index (χ1n) is 6.14. The highest BCUT2D eigenvalue weighted by Gasteiger charge is 2.25. The van der Waals surface area contributed by atoms with E-state index in [0.717, 1.165) is 12.3 Å². The lowest BCUT2D eigenvalue weighted by Crippen LogP contribution is -2.44. The fraction of sp³-hybridized carbons (Fsp3) is 0.833. The fourth-order valence-corrected chi connectivity index (χ4v) is 1.81. The zero-order valence-corrected chi connectivity index (χ0v) is 10.8. The quantitative estimate of drug-likeness (QED) is 0.742. The summed E-state index contributed by atoms with van der Waals surface area (Å²) in [5.41, 5.74) is 0. The Labute approximate surface area is 102 Å². The van der Waals surface area contributed by atoms with Gasteiger partial charge in [-0.25, -0.2) is 4.79 Å². The summed E-state index contributed by atoms with van der Waals surface area (Å²) in [5, 5.41) is 11.7. The van der Waals surface area contributed by atoms with Gasteiger partial charge in [-0.1, -0.05) is 19.8 Å². The van der Waals surface area contributed by atoms with Crippen molar-refractivity contribution in [1.29, 1.82) is 0 Å². The average Bonchev–Trinajstić information content (AvgIpc) is 3.00. The van der Waals surface area contributed by atoms with Gasteiger partial charge in [0.05, 0.1) is 5.92 Å². The summed E-state index contributed by atoms with van der Waals surface area (Å²) < 4.78 is 0. The SMILES string of the molecule is CC(CC1CC1)NC(=O)N(C)CC(C)C(=O)O. The zero-order valence-electron chi connectivity index (χ0n) is 10.8. The van der Waals surface area contributed by atoms with E-state index in [-0.39, 0.29) is 18.6 Å². The van der Waals surface area contributed by atoms with E-state index in [2.05, 4.69) is 5.32 Å². The Morgan fingerprint density at radius 3 is 2.47 bits per heavy atom. The molecule has 1 aliphatic carbocycles. The highest BCUT2D eigenvalue weighted by atomic mass is 16.4. The number of hydrogen-bond donors (Lipinski definition) is 2. The van der Waals surface area contributed by atoms with Crippen molar-refractivity contribution in [3.05, 3.63) is 0 Å². The highest BCUT2D eigenvalue weighted by Crippen LogP contribution is 2.33. The molecule has 0 saturated heterocycles. The van der Waals surface area contributed by atoms with Crippen molar-refractivity contribution in [3.63, 3.8) is 0 Å². The molecule has 5 heteroatoms. The van der Waals surface area contributed by atoms with Crippen LogP contribution in [0.2, 0.25) is 0 Å². The molecule has 0 radical (unpaired) electrons. The molecule has 17 heavy (non-hydrogen) atoms. The normalized spacial score (nSPS) is 18.3. The van der Waals surface area contributed by atoms with Crippen LogP contribution in [-0.4, -0.2) is 41.6 Å². The predicted octanol–water partition coefficient (Wildman–Crippen LogP) is 1.54. The number of rotatable bonds is 6. The Hall–Kier alpha value is -1.26. The maximum Gasteiger partial charge on any atom is 0.317 e. The lowest BCUT2D eigenvalue weighted by molar-refractivity contribution is -0.141. The monoisotopic (exact) mass is 242 g/mol. The first-order chi connectivity index (χ1) is 7.90. The summed E-state index contributed by atoms with van der Waals surface area (Å²) in [7, 11) is 1.62. The predicted molar refractivity (Wildman–Crippen MR) is 64.8 cm³/mol. The van der Waals surface area contributed by atoms with Gasteiger partial charge in [0.1, 0.15) is 0 Å². The van der Waals surface area contributed by atoms with Crippen LogP contribution < -0.4 is 5.32 Å². The molecule has 0 aromatic rings. The van der Waals surface area contributed by atoms with Gasteiger partial charge in [-0.2, -0.15) is 0 Å². The second kappa shape index (κ2) is 5.89. The lowest BCUT2D eigenvalue weighted by Gasteiger charge is -2.22. The van der Waals surface area contributed by atoms with E-state index < -0.39 is 11.9 Å². The molecule has 2 amide bonds. The number of carbonyl (C=O) groups is 2. The number of aliphatic carboxylic acids is 1. The number of hydrogen-bond acceptors (Lipinski definition) is 2. The maximum absolute atomic E-state index is 11.7. The third kappa shape index (κ3) is 5.06. The van der Waals surface area contributed by atoms with Gasteiger partial charge in [0, 0.05) is 19.6 Å². The van der Waals surface area contributed by atoms with E-state index in [1.165, 1.54) is 17.7 Å². The Kier molecular flexibility index (Phi) is 4.78. The molecule has 2 N–H and O–H groups in total. The Bertz CT molecular complexity index is 289. The molecule has 0 aromatic heterocycles. The minimum atomic E-state index is -0.879. The summed E-state index contributed by atoms with van der Waals surface area (Å²) in [6.45, 7) is 3.82. The molecule has 0 heterocycles. The second-order valence-corrected chi connectivity index (χ2v) is 5.15. The van der Waals surface area contributed by atoms with Crippen molar-refractivity contribution >= 4 is 12.0 Å². The van der Waals surface area contributed by atoms with Crippen LogP contribution in [0.1, 0.15) is 33.1 Å². The Morgan fingerprint density at radius 2 is 2.00 bits per heavy atom. The van der Waals surface area contributed by atoms with Crippen molar-refractivity contribution in [2.75, 3.05) is 13.6 Å². The van der Waals surface area contributed by atoms with Gasteiger partial charge >= 0.3 is 12.0 Å². The van der Waals surface area contributed by atoms with Crippen LogP contribution >= 0.6 is 0 Å². The van der Waals surface area contributed by atoms with E-state index in [4.69, 9.17) is 5.11 Å². The van der Waals surface area contributed by atoms with Crippen molar-refractivity contribution in [2.45, 2.75) is 39.2 Å². The van der Waals surface area contributed by atoms with Gasteiger partial charge < -0.3 is 15.3 Å². The lowest BCUT2D eigenvalue weighted by atomic mass is 10.1. The van der Waals surface area contributed by atoms with Crippen LogP contribution in [-0.2, 0) is 4.79 Å². The van der Waals surface area contributed by atoms with Crippen LogP contribution in [0.15, 0.2) is 0 Å². The third-order valence-corrected chi connectivity index (χ3v) is 3.07.